The van der Waals surface area contributed by atoms with Crippen molar-refractivity contribution < 1.29 is 27.4 Å². The third kappa shape index (κ3) is 4.64. The Hall–Kier alpha value is -4.28. The molecule has 0 atom stereocenters. The van der Waals surface area contributed by atoms with Crippen molar-refractivity contribution >= 4 is 17.2 Å². The van der Waals surface area contributed by atoms with Gasteiger partial charge in [-0.3, -0.25) is 4.79 Å². The summed E-state index contributed by atoms with van der Waals surface area (Å²) < 4.78 is 53.2. The minimum Gasteiger partial charge on any atom is -0.497 e. The monoisotopic (exact) mass is 511 g/mol. The normalized spacial score (nSPS) is 14.2. The molecule has 1 aliphatic heterocycles. The molecule has 0 spiro atoms. The first kappa shape index (κ1) is 24.4. The second-order valence-electron chi connectivity index (χ2n) is 8.50. The van der Waals surface area contributed by atoms with Gasteiger partial charge in [0.2, 0.25) is 0 Å². The fourth-order valence-corrected chi connectivity index (χ4v) is 4.46. The fourth-order valence-electron chi connectivity index (χ4n) is 4.46. The van der Waals surface area contributed by atoms with Crippen molar-refractivity contribution in [3.8, 4) is 22.8 Å². The highest BCUT2D eigenvalue weighted by Gasteiger charge is 2.36. The standard InChI is InChI=1S/C26H24F3N5O3/c1-36-18-7-5-6-17(14-18)20-15-23(26(27,28)29)34-24(31-20)19(16-30-34)25(35)33-12-10-32(11-13-33)21-8-3-4-9-22(21)37-2/h3-9,14-16H,10-13H2,1-2H3. The van der Waals surface area contributed by atoms with Crippen molar-refractivity contribution in [2.75, 3.05) is 45.3 Å². The molecule has 0 radical (unpaired) electrons. The van der Waals surface area contributed by atoms with Gasteiger partial charge in [-0.2, -0.15) is 18.3 Å². The van der Waals surface area contributed by atoms with Crippen LogP contribution in [0.15, 0.2) is 60.8 Å². The summed E-state index contributed by atoms with van der Waals surface area (Å²) in [6, 6.07) is 15.1. The number of rotatable bonds is 5. The highest BCUT2D eigenvalue weighted by Crippen LogP contribution is 2.34. The topological polar surface area (TPSA) is 72.2 Å². The lowest BCUT2D eigenvalue weighted by molar-refractivity contribution is -0.142. The lowest BCUT2D eigenvalue weighted by Gasteiger charge is -2.36. The van der Waals surface area contributed by atoms with Crippen molar-refractivity contribution in [1.29, 1.82) is 0 Å². The third-order valence-electron chi connectivity index (χ3n) is 6.35. The number of ether oxygens (including phenoxy) is 2. The predicted octanol–water partition coefficient (Wildman–Crippen LogP) is 4.39. The molecule has 1 fully saturated rings. The van der Waals surface area contributed by atoms with Gasteiger partial charge in [0.05, 0.1) is 31.8 Å². The minimum atomic E-state index is -4.71. The van der Waals surface area contributed by atoms with Gasteiger partial charge in [0.25, 0.3) is 5.91 Å². The number of hydrogen-bond donors (Lipinski definition) is 0. The molecule has 0 unspecified atom stereocenters. The van der Waals surface area contributed by atoms with Gasteiger partial charge in [-0.05, 0) is 30.3 Å². The Morgan fingerprint density at radius 2 is 1.70 bits per heavy atom. The van der Waals surface area contributed by atoms with Gasteiger partial charge < -0.3 is 19.3 Å². The molecule has 37 heavy (non-hydrogen) atoms. The second kappa shape index (κ2) is 9.64. The van der Waals surface area contributed by atoms with E-state index >= 15 is 0 Å². The number of amides is 1. The average molecular weight is 512 g/mol. The molecule has 1 amide bonds. The van der Waals surface area contributed by atoms with E-state index in [4.69, 9.17) is 9.47 Å². The maximum atomic E-state index is 14.0. The molecule has 4 aromatic rings. The number of aromatic nitrogens is 3. The largest absolute Gasteiger partial charge is 0.497 e. The molecule has 0 aliphatic carbocycles. The zero-order valence-electron chi connectivity index (χ0n) is 20.2. The minimum absolute atomic E-state index is 0.0148. The molecule has 3 heterocycles. The number of para-hydroxylation sites is 2. The van der Waals surface area contributed by atoms with E-state index in [1.165, 1.54) is 7.11 Å². The number of carbonyl (C=O) groups excluding carboxylic acids is 1. The van der Waals surface area contributed by atoms with Gasteiger partial charge >= 0.3 is 6.18 Å². The van der Waals surface area contributed by atoms with Crippen LogP contribution in [0.1, 0.15) is 16.1 Å². The van der Waals surface area contributed by atoms with Crippen LogP contribution in [-0.2, 0) is 6.18 Å². The maximum absolute atomic E-state index is 14.0. The molecule has 5 rings (SSSR count). The summed E-state index contributed by atoms with van der Waals surface area (Å²) in [6.45, 7) is 1.86. The van der Waals surface area contributed by atoms with Crippen LogP contribution in [-0.4, -0.2) is 65.8 Å². The van der Waals surface area contributed by atoms with Gasteiger partial charge in [-0.1, -0.05) is 24.3 Å². The number of fused-ring (bicyclic) bond motifs is 1. The predicted molar refractivity (Wildman–Crippen MR) is 131 cm³/mol. The molecule has 1 aliphatic rings. The van der Waals surface area contributed by atoms with E-state index in [1.54, 1.807) is 36.3 Å². The molecule has 2 aromatic carbocycles. The molecule has 2 aromatic heterocycles. The van der Waals surface area contributed by atoms with Crippen LogP contribution >= 0.6 is 0 Å². The van der Waals surface area contributed by atoms with Crippen molar-refractivity contribution in [2.45, 2.75) is 6.18 Å². The van der Waals surface area contributed by atoms with E-state index in [9.17, 15) is 18.0 Å². The van der Waals surface area contributed by atoms with Gasteiger partial charge in [0.1, 0.15) is 17.1 Å². The summed E-state index contributed by atoms with van der Waals surface area (Å²) in [7, 11) is 3.07. The average Bonchev–Trinajstić information content (AvgIpc) is 3.35. The van der Waals surface area contributed by atoms with Crippen molar-refractivity contribution in [3.63, 3.8) is 0 Å². The van der Waals surface area contributed by atoms with Crippen molar-refractivity contribution in [3.05, 3.63) is 72.1 Å². The number of anilines is 1. The first-order valence-corrected chi connectivity index (χ1v) is 11.6. The summed E-state index contributed by atoms with van der Waals surface area (Å²) in [5, 5.41) is 3.89. The van der Waals surface area contributed by atoms with Crippen LogP contribution in [0.2, 0.25) is 0 Å². The molecule has 11 heteroatoms. The van der Waals surface area contributed by atoms with Gasteiger partial charge in [-0.25, -0.2) is 9.50 Å². The Kier molecular flexibility index (Phi) is 6.36. The summed E-state index contributed by atoms with van der Waals surface area (Å²) in [4.78, 5) is 21.6. The first-order valence-electron chi connectivity index (χ1n) is 11.6. The Labute approximate surface area is 210 Å². The number of benzene rings is 2. The lowest BCUT2D eigenvalue weighted by Crippen LogP contribution is -2.48. The number of piperazine rings is 1. The van der Waals surface area contributed by atoms with Crippen LogP contribution in [0.4, 0.5) is 18.9 Å². The SMILES string of the molecule is COc1cccc(-c2cc(C(F)(F)F)n3ncc(C(=O)N4CCN(c5ccccc5OC)CC4)c3n2)c1. The van der Waals surface area contributed by atoms with Gasteiger partial charge in [-0.15, -0.1) is 0 Å². The Morgan fingerprint density at radius 1 is 0.946 bits per heavy atom. The number of methoxy groups -OCH3 is 2. The molecular formula is C26H24F3N5O3. The Bertz CT molecular complexity index is 1450. The van der Waals surface area contributed by atoms with E-state index in [1.807, 2.05) is 24.3 Å². The van der Waals surface area contributed by atoms with Crippen LogP contribution in [0.5, 0.6) is 11.5 Å². The highest BCUT2D eigenvalue weighted by atomic mass is 19.4. The Balaban J connectivity index is 1.47. The molecule has 0 saturated carbocycles. The smallest absolute Gasteiger partial charge is 0.433 e. The quantitative estimate of drug-likeness (QED) is 0.396. The third-order valence-corrected chi connectivity index (χ3v) is 6.35. The van der Waals surface area contributed by atoms with E-state index in [0.29, 0.717) is 42.0 Å². The summed E-state index contributed by atoms with van der Waals surface area (Å²) in [5.74, 6) is 0.794. The molecule has 0 bridgehead atoms. The Morgan fingerprint density at radius 3 is 2.41 bits per heavy atom. The van der Waals surface area contributed by atoms with E-state index < -0.39 is 17.8 Å². The zero-order chi connectivity index (χ0) is 26.2. The molecule has 0 N–H and O–H groups in total. The van der Waals surface area contributed by atoms with Gasteiger partial charge in [0, 0.05) is 31.7 Å². The lowest BCUT2D eigenvalue weighted by atomic mass is 10.1. The van der Waals surface area contributed by atoms with Crippen molar-refractivity contribution in [2.24, 2.45) is 0 Å². The fraction of sp³-hybridized carbons (Fsp3) is 0.269. The number of alkyl halides is 3. The first-order chi connectivity index (χ1) is 17.8. The molecule has 8 nitrogen and oxygen atoms in total. The van der Waals surface area contributed by atoms with Crippen LogP contribution in [0.25, 0.3) is 16.9 Å². The number of halogens is 3. The summed E-state index contributed by atoms with van der Waals surface area (Å²) in [6.07, 6.45) is -3.55. The van der Waals surface area contributed by atoms with Gasteiger partial charge in [0.15, 0.2) is 11.3 Å². The number of carbonyl (C=O) groups is 1. The second-order valence-corrected chi connectivity index (χ2v) is 8.50. The van der Waals surface area contributed by atoms with E-state index in [0.717, 1.165) is 23.7 Å². The number of nitrogens with zero attached hydrogens (tertiary/aromatic N) is 5. The summed E-state index contributed by atoms with van der Waals surface area (Å²) >= 11 is 0. The van der Waals surface area contributed by atoms with Crippen LogP contribution < -0.4 is 14.4 Å². The van der Waals surface area contributed by atoms with Crippen molar-refractivity contribution in [1.82, 2.24) is 19.5 Å². The van der Waals surface area contributed by atoms with E-state index in [2.05, 4.69) is 15.0 Å². The van der Waals surface area contributed by atoms with Crippen LogP contribution in [0, 0.1) is 0 Å². The van der Waals surface area contributed by atoms with Crippen LogP contribution in [0.3, 0.4) is 0 Å². The zero-order valence-corrected chi connectivity index (χ0v) is 20.2. The molecule has 1 saturated heterocycles. The molecule has 192 valence electrons. The summed E-state index contributed by atoms with van der Waals surface area (Å²) in [5.41, 5.74) is 0.264. The molecular weight excluding hydrogens is 487 g/mol. The maximum Gasteiger partial charge on any atom is 0.433 e. The van der Waals surface area contributed by atoms with E-state index in [-0.39, 0.29) is 16.9 Å². The number of hydrogen-bond acceptors (Lipinski definition) is 6. The highest BCUT2D eigenvalue weighted by molar-refractivity contribution is 6.00.